The van der Waals surface area contributed by atoms with Gasteiger partial charge >= 0.3 is 6.03 Å². The Bertz CT molecular complexity index is 958. The van der Waals surface area contributed by atoms with Gasteiger partial charge in [0.05, 0.1) is 17.7 Å². The first-order valence-corrected chi connectivity index (χ1v) is 8.22. The SMILES string of the molecule is Cl.O=C(Nc1ccnc2ccccc12)N(Cc1ccccc1)C1=COCO1. The minimum Gasteiger partial charge on any atom is -0.459 e. The summed E-state index contributed by atoms with van der Waals surface area (Å²) >= 11 is 0. The Morgan fingerprint density at radius 3 is 2.63 bits per heavy atom. The lowest BCUT2D eigenvalue weighted by Gasteiger charge is -2.22. The van der Waals surface area contributed by atoms with Crippen molar-refractivity contribution >= 4 is 35.0 Å². The number of halogens is 1. The summed E-state index contributed by atoms with van der Waals surface area (Å²) in [5, 5.41) is 3.83. The molecule has 4 rings (SSSR count). The van der Waals surface area contributed by atoms with E-state index < -0.39 is 0 Å². The van der Waals surface area contributed by atoms with Crippen LogP contribution < -0.4 is 5.32 Å². The molecule has 0 radical (unpaired) electrons. The van der Waals surface area contributed by atoms with Gasteiger partial charge in [-0.15, -0.1) is 12.4 Å². The number of amides is 2. The van der Waals surface area contributed by atoms with Crippen LogP contribution in [0.1, 0.15) is 5.56 Å². The fraction of sp³-hybridized carbons (Fsp3) is 0.100. The number of benzene rings is 2. The zero-order valence-electron chi connectivity index (χ0n) is 14.4. The normalized spacial score (nSPS) is 12.4. The smallest absolute Gasteiger partial charge is 0.329 e. The molecule has 27 heavy (non-hydrogen) atoms. The topological polar surface area (TPSA) is 63.7 Å². The Balaban J connectivity index is 0.00000210. The number of carbonyl (C=O) groups excluding carboxylic acids is 1. The number of hydrogen-bond acceptors (Lipinski definition) is 4. The third-order valence-electron chi connectivity index (χ3n) is 4.04. The fourth-order valence-electron chi connectivity index (χ4n) is 2.78. The highest BCUT2D eigenvalue weighted by Gasteiger charge is 2.23. The number of rotatable bonds is 4. The van der Waals surface area contributed by atoms with Crippen molar-refractivity contribution in [2.75, 3.05) is 12.1 Å². The van der Waals surface area contributed by atoms with E-state index >= 15 is 0 Å². The van der Waals surface area contributed by atoms with Gasteiger partial charge < -0.3 is 14.8 Å². The third kappa shape index (κ3) is 4.12. The Morgan fingerprint density at radius 2 is 1.85 bits per heavy atom. The molecule has 1 aliphatic rings. The summed E-state index contributed by atoms with van der Waals surface area (Å²) in [6, 6.07) is 18.8. The highest BCUT2D eigenvalue weighted by atomic mass is 35.5. The minimum atomic E-state index is -0.304. The molecule has 2 heterocycles. The number of hydrogen-bond donors (Lipinski definition) is 1. The van der Waals surface area contributed by atoms with Crippen molar-refractivity contribution in [3.8, 4) is 0 Å². The zero-order valence-corrected chi connectivity index (χ0v) is 15.2. The number of nitrogens with zero attached hydrogens (tertiary/aromatic N) is 2. The summed E-state index contributed by atoms with van der Waals surface area (Å²) in [6.07, 6.45) is 3.13. The Labute approximate surface area is 162 Å². The molecular weight excluding hydrogens is 366 g/mol. The molecule has 0 fully saturated rings. The lowest BCUT2D eigenvalue weighted by molar-refractivity contribution is 0.0554. The van der Waals surface area contributed by atoms with Gasteiger partial charge in [-0.05, 0) is 17.7 Å². The van der Waals surface area contributed by atoms with Gasteiger partial charge in [0.15, 0.2) is 0 Å². The van der Waals surface area contributed by atoms with Crippen molar-refractivity contribution < 1.29 is 14.3 Å². The van der Waals surface area contributed by atoms with Crippen LogP contribution in [0.3, 0.4) is 0 Å². The van der Waals surface area contributed by atoms with Gasteiger partial charge in [-0.3, -0.25) is 9.88 Å². The van der Waals surface area contributed by atoms with Crippen LogP contribution in [0.2, 0.25) is 0 Å². The van der Waals surface area contributed by atoms with E-state index in [0.717, 1.165) is 16.5 Å². The molecular formula is C20H18ClN3O3. The number of urea groups is 1. The summed E-state index contributed by atoms with van der Waals surface area (Å²) in [7, 11) is 0. The predicted octanol–water partition coefficient (Wildman–Crippen LogP) is 4.49. The molecule has 2 aromatic carbocycles. The van der Waals surface area contributed by atoms with Crippen molar-refractivity contribution in [3.05, 3.63) is 84.6 Å². The van der Waals surface area contributed by atoms with Crippen molar-refractivity contribution in [2.45, 2.75) is 6.54 Å². The van der Waals surface area contributed by atoms with Gasteiger partial charge in [-0.2, -0.15) is 0 Å². The molecule has 0 spiro atoms. The molecule has 1 aromatic heterocycles. The summed E-state index contributed by atoms with van der Waals surface area (Å²) in [4.78, 5) is 18.8. The van der Waals surface area contributed by atoms with Crippen molar-refractivity contribution in [1.29, 1.82) is 0 Å². The maximum atomic E-state index is 13.0. The highest BCUT2D eigenvalue weighted by Crippen LogP contribution is 2.23. The summed E-state index contributed by atoms with van der Waals surface area (Å²) in [6.45, 7) is 0.469. The Hall–Kier alpha value is -3.25. The molecule has 0 atom stereocenters. The van der Waals surface area contributed by atoms with Gasteiger partial charge in [0.25, 0.3) is 0 Å². The number of pyridine rings is 1. The second-order valence-electron chi connectivity index (χ2n) is 5.76. The summed E-state index contributed by atoms with van der Waals surface area (Å²) < 4.78 is 10.6. The molecule has 1 N–H and O–H groups in total. The second-order valence-corrected chi connectivity index (χ2v) is 5.76. The molecule has 138 valence electrons. The van der Waals surface area contributed by atoms with Crippen LogP contribution >= 0.6 is 12.4 Å². The number of aromatic nitrogens is 1. The van der Waals surface area contributed by atoms with Crippen molar-refractivity contribution in [2.24, 2.45) is 0 Å². The number of nitrogens with one attached hydrogen (secondary N) is 1. The molecule has 3 aromatic rings. The molecule has 1 aliphatic heterocycles. The molecule has 2 amide bonds. The largest absolute Gasteiger partial charge is 0.459 e. The van der Waals surface area contributed by atoms with Crippen LogP contribution in [-0.4, -0.2) is 22.7 Å². The molecule has 0 unspecified atom stereocenters. The Kier molecular flexibility index (Phi) is 5.78. The van der Waals surface area contributed by atoms with E-state index in [1.54, 1.807) is 12.3 Å². The minimum absolute atomic E-state index is 0. The van der Waals surface area contributed by atoms with E-state index in [0.29, 0.717) is 18.1 Å². The Morgan fingerprint density at radius 1 is 1.07 bits per heavy atom. The van der Waals surface area contributed by atoms with E-state index in [4.69, 9.17) is 9.47 Å². The van der Waals surface area contributed by atoms with Gasteiger partial charge in [0, 0.05) is 11.6 Å². The molecule has 0 bridgehead atoms. The van der Waals surface area contributed by atoms with Crippen LogP contribution in [0.15, 0.2) is 79.0 Å². The van der Waals surface area contributed by atoms with Crippen LogP contribution in [0, 0.1) is 0 Å². The van der Waals surface area contributed by atoms with E-state index in [1.807, 2.05) is 54.6 Å². The quantitative estimate of drug-likeness (QED) is 0.720. The predicted molar refractivity (Wildman–Crippen MR) is 105 cm³/mol. The summed E-state index contributed by atoms with van der Waals surface area (Å²) in [5.41, 5.74) is 2.50. The van der Waals surface area contributed by atoms with E-state index in [2.05, 4.69) is 10.3 Å². The average molecular weight is 384 g/mol. The standard InChI is InChI=1S/C20H17N3O3.ClH/c24-20(22-18-10-11-21-17-9-5-4-8-16(17)18)23(19-13-25-14-26-19)12-15-6-2-1-3-7-15;/h1-11,13H,12,14H2,(H,21,22,24);1H. The number of anilines is 1. The molecule has 0 saturated carbocycles. The van der Waals surface area contributed by atoms with Crippen LogP contribution in [0.5, 0.6) is 0 Å². The number of fused-ring (bicyclic) bond motifs is 1. The zero-order chi connectivity index (χ0) is 17.8. The van der Waals surface area contributed by atoms with Gasteiger partial charge in [0.2, 0.25) is 12.7 Å². The van der Waals surface area contributed by atoms with Crippen LogP contribution in [0.25, 0.3) is 10.9 Å². The monoisotopic (exact) mass is 383 g/mol. The van der Waals surface area contributed by atoms with E-state index in [9.17, 15) is 4.79 Å². The maximum absolute atomic E-state index is 13.0. The van der Waals surface area contributed by atoms with Crippen molar-refractivity contribution in [1.82, 2.24) is 9.88 Å². The third-order valence-corrected chi connectivity index (χ3v) is 4.04. The van der Waals surface area contributed by atoms with E-state index in [1.165, 1.54) is 11.2 Å². The number of para-hydroxylation sites is 1. The fourth-order valence-corrected chi connectivity index (χ4v) is 2.78. The first-order valence-electron chi connectivity index (χ1n) is 8.22. The lowest BCUT2D eigenvalue weighted by Crippen LogP contribution is -2.34. The molecule has 6 nitrogen and oxygen atoms in total. The van der Waals surface area contributed by atoms with Gasteiger partial charge in [0.1, 0.15) is 6.26 Å². The number of ether oxygens (including phenoxy) is 2. The van der Waals surface area contributed by atoms with Gasteiger partial charge in [-0.1, -0.05) is 48.5 Å². The second kappa shape index (κ2) is 8.42. The van der Waals surface area contributed by atoms with Crippen LogP contribution in [0.4, 0.5) is 10.5 Å². The lowest BCUT2D eigenvalue weighted by atomic mass is 10.2. The molecule has 0 aliphatic carbocycles. The van der Waals surface area contributed by atoms with Crippen molar-refractivity contribution in [3.63, 3.8) is 0 Å². The highest BCUT2D eigenvalue weighted by molar-refractivity contribution is 6.00. The molecule has 7 heteroatoms. The molecule has 0 saturated heterocycles. The average Bonchev–Trinajstić information content (AvgIpc) is 3.21. The van der Waals surface area contributed by atoms with Gasteiger partial charge in [-0.25, -0.2) is 4.79 Å². The summed E-state index contributed by atoms with van der Waals surface area (Å²) in [5.74, 6) is 0.379. The number of carbonyl (C=O) groups is 1. The maximum Gasteiger partial charge on any atom is 0.329 e. The first kappa shape index (κ1) is 18.5. The van der Waals surface area contributed by atoms with E-state index in [-0.39, 0.29) is 25.2 Å². The first-order chi connectivity index (χ1) is 12.8. The van der Waals surface area contributed by atoms with Crippen LogP contribution in [-0.2, 0) is 16.0 Å².